The number of carbonyl (C=O) groups excluding carboxylic acids is 1. The van der Waals surface area contributed by atoms with Gasteiger partial charge < -0.3 is 19.8 Å². The van der Waals surface area contributed by atoms with Crippen molar-refractivity contribution in [1.29, 1.82) is 0 Å². The average Bonchev–Trinajstić information content (AvgIpc) is 2.79. The monoisotopic (exact) mass is 457 g/mol. The summed E-state index contributed by atoms with van der Waals surface area (Å²) in [6.45, 7) is 3.27. The predicted octanol–water partition coefficient (Wildman–Crippen LogP) is 2.63. The highest BCUT2D eigenvalue weighted by Crippen LogP contribution is 2.33. The molecule has 0 atom stereocenters. The lowest BCUT2D eigenvalue weighted by Crippen LogP contribution is -2.29. The number of amides is 1. The number of hydrogen-bond acceptors (Lipinski definition) is 6. The molecule has 0 radical (unpaired) electrons. The van der Waals surface area contributed by atoms with Crippen LogP contribution in [0, 0.1) is 0 Å². The first kappa shape index (κ1) is 21.7. The van der Waals surface area contributed by atoms with Crippen molar-refractivity contribution in [2.24, 2.45) is 0 Å². The third kappa shape index (κ3) is 4.40. The molecule has 0 aliphatic carbocycles. The van der Waals surface area contributed by atoms with E-state index >= 15 is 0 Å². The topological polar surface area (TPSA) is 127 Å². The number of aromatic nitrogens is 1. The van der Waals surface area contributed by atoms with Gasteiger partial charge in [-0.2, -0.15) is 0 Å². The van der Waals surface area contributed by atoms with Gasteiger partial charge in [-0.1, -0.05) is 13.3 Å². The summed E-state index contributed by atoms with van der Waals surface area (Å²) in [6, 6.07) is 8.88. The number of fused-ring (bicyclic) bond motifs is 2. The molecule has 0 bridgehead atoms. The molecule has 32 heavy (non-hydrogen) atoms. The van der Waals surface area contributed by atoms with Crippen molar-refractivity contribution in [3.05, 3.63) is 58.4 Å². The van der Waals surface area contributed by atoms with Gasteiger partial charge in [-0.15, -0.1) is 0 Å². The Morgan fingerprint density at radius 2 is 1.88 bits per heavy atom. The number of nitrogens with one attached hydrogen (secondary N) is 3. The smallest absolute Gasteiger partial charge is 0.261 e. The van der Waals surface area contributed by atoms with Gasteiger partial charge in [0.2, 0.25) is 5.43 Å². The summed E-state index contributed by atoms with van der Waals surface area (Å²) < 4.78 is 39.3. The molecule has 2 heterocycles. The van der Waals surface area contributed by atoms with Gasteiger partial charge in [-0.05, 0) is 36.8 Å². The largest absolute Gasteiger partial charge is 0.486 e. The Balaban J connectivity index is 1.64. The van der Waals surface area contributed by atoms with Crippen LogP contribution >= 0.6 is 0 Å². The minimum atomic E-state index is -4.00. The normalized spacial score (nSPS) is 13.0. The quantitative estimate of drug-likeness (QED) is 0.468. The molecule has 0 fully saturated rings. The van der Waals surface area contributed by atoms with E-state index in [1.165, 1.54) is 24.4 Å². The van der Waals surface area contributed by atoms with E-state index in [-0.39, 0.29) is 15.8 Å². The van der Waals surface area contributed by atoms with Crippen molar-refractivity contribution in [2.45, 2.75) is 24.7 Å². The van der Waals surface area contributed by atoms with Crippen molar-refractivity contribution in [1.82, 2.24) is 10.3 Å². The van der Waals surface area contributed by atoms with Crippen LogP contribution in [-0.2, 0) is 10.0 Å². The summed E-state index contributed by atoms with van der Waals surface area (Å²) in [7, 11) is -4.00. The summed E-state index contributed by atoms with van der Waals surface area (Å²) in [5.74, 6) is 0.496. The van der Waals surface area contributed by atoms with Gasteiger partial charge in [-0.25, -0.2) is 8.42 Å². The highest BCUT2D eigenvalue weighted by Gasteiger charge is 2.19. The Kier molecular flexibility index (Phi) is 6.04. The second kappa shape index (κ2) is 8.91. The lowest BCUT2D eigenvalue weighted by atomic mass is 10.1. The summed E-state index contributed by atoms with van der Waals surface area (Å²) >= 11 is 0. The van der Waals surface area contributed by atoms with Gasteiger partial charge in [0, 0.05) is 29.7 Å². The number of aromatic amines is 1. The van der Waals surface area contributed by atoms with Crippen LogP contribution in [0.4, 0.5) is 5.69 Å². The van der Waals surface area contributed by atoms with E-state index in [4.69, 9.17) is 9.47 Å². The highest BCUT2D eigenvalue weighted by atomic mass is 32.2. The number of benzene rings is 2. The summed E-state index contributed by atoms with van der Waals surface area (Å²) in [4.78, 5) is 28.0. The molecule has 10 heteroatoms. The number of unbranched alkanes of at least 4 members (excludes halogenated alkanes) is 1. The molecule has 1 aromatic heterocycles. The van der Waals surface area contributed by atoms with Crippen LogP contribution < -0.4 is 24.9 Å². The van der Waals surface area contributed by atoms with Crippen LogP contribution in [0.3, 0.4) is 0 Å². The molecule has 1 amide bonds. The minimum absolute atomic E-state index is 0.0667. The Labute approximate surface area is 184 Å². The summed E-state index contributed by atoms with van der Waals surface area (Å²) in [6.07, 6.45) is 3.05. The van der Waals surface area contributed by atoms with Gasteiger partial charge in [0.1, 0.15) is 18.8 Å². The maximum absolute atomic E-state index is 12.9. The Morgan fingerprint density at radius 3 is 2.66 bits per heavy atom. The number of H-pyrrole nitrogens is 1. The summed E-state index contributed by atoms with van der Waals surface area (Å²) in [5.41, 5.74) is 0.123. The molecule has 9 nitrogen and oxygen atoms in total. The molecule has 1 aliphatic heterocycles. The Morgan fingerprint density at radius 1 is 1.09 bits per heavy atom. The third-order valence-corrected chi connectivity index (χ3v) is 6.40. The average molecular weight is 458 g/mol. The van der Waals surface area contributed by atoms with E-state index in [2.05, 4.69) is 15.0 Å². The minimum Gasteiger partial charge on any atom is -0.486 e. The van der Waals surface area contributed by atoms with E-state index in [1.807, 2.05) is 6.92 Å². The number of pyridine rings is 1. The van der Waals surface area contributed by atoms with Crippen molar-refractivity contribution in [3.8, 4) is 11.5 Å². The van der Waals surface area contributed by atoms with Gasteiger partial charge in [0.05, 0.1) is 10.6 Å². The zero-order valence-electron chi connectivity index (χ0n) is 17.4. The van der Waals surface area contributed by atoms with Gasteiger partial charge in [0.25, 0.3) is 15.9 Å². The van der Waals surface area contributed by atoms with E-state index in [1.54, 1.807) is 18.2 Å². The van der Waals surface area contributed by atoms with Crippen LogP contribution in [0.5, 0.6) is 11.5 Å². The van der Waals surface area contributed by atoms with Crippen molar-refractivity contribution >= 4 is 32.5 Å². The van der Waals surface area contributed by atoms with Crippen LogP contribution in [0.2, 0.25) is 0 Å². The van der Waals surface area contributed by atoms with E-state index in [0.717, 1.165) is 12.8 Å². The number of ether oxygens (including phenoxy) is 2. The molecule has 3 N–H and O–H groups in total. The fourth-order valence-electron chi connectivity index (χ4n) is 3.33. The second-order valence-corrected chi connectivity index (χ2v) is 8.99. The first-order valence-electron chi connectivity index (χ1n) is 10.2. The van der Waals surface area contributed by atoms with Gasteiger partial charge >= 0.3 is 0 Å². The van der Waals surface area contributed by atoms with Crippen LogP contribution in [0.1, 0.15) is 30.1 Å². The number of sulfonamides is 1. The van der Waals surface area contributed by atoms with Crippen molar-refractivity contribution in [3.63, 3.8) is 0 Å². The third-order valence-electron chi connectivity index (χ3n) is 5.02. The molecule has 3 aromatic rings. The zero-order valence-corrected chi connectivity index (χ0v) is 18.3. The molecule has 0 saturated heterocycles. The molecule has 4 rings (SSSR count). The molecule has 0 saturated carbocycles. The van der Waals surface area contributed by atoms with E-state index in [9.17, 15) is 18.0 Å². The Bertz CT molecular complexity index is 1330. The molecule has 168 valence electrons. The molecular weight excluding hydrogens is 434 g/mol. The molecule has 1 aliphatic rings. The van der Waals surface area contributed by atoms with Gasteiger partial charge in [0.15, 0.2) is 11.5 Å². The molecule has 0 spiro atoms. The molecular formula is C22H23N3O6S. The molecule has 0 unspecified atom stereocenters. The maximum Gasteiger partial charge on any atom is 0.261 e. The highest BCUT2D eigenvalue weighted by molar-refractivity contribution is 7.92. The first-order valence-corrected chi connectivity index (χ1v) is 11.7. The number of carbonyl (C=O) groups is 1. The van der Waals surface area contributed by atoms with Crippen LogP contribution in [-0.4, -0.2) is 39.1 Å². The SMILES string of the molecule is CCCCNC(=O)c1c[nH]c2ccc(S(=O)(=O)Nc3ccc4c(c3)OCCO4)cc2c1=O. The number of rotatable bonds is 7. The zero-order chi connectivity index (χ0) is 22.7. The fraction of sp³-hybridized carbons (Fsp3) is 0.273. The number of hydrogen-bond donors (Lipinski definition) is 3. The van der Waals surface area contributed by atoms with Crippen LogP contribution in [0.25, 0.3) is 10.9 Å². The van der Waals surface area contributed by atoms with Gasteiger partial charge in [-0.3, -0.25) is 14.3 Å². The van der Waals surface area contributed by atoms with Crippen molar-refractivity contribution < 1.29 is 22.7 Å². The second-order valence-electron chi connectivity index (χ2n) is 7.31. The van der Waals surface area contributed by atoms with Crippen molar-refractivity contribution in [2.75, 3.05) is 24.5 Å². The van der Waals surface area contributed by atoms with Crippen LogP contribution in [0.15, 0.2) is 52.3 Å². The van der Waals surface area contributed by atoms with E-state index in [0.29, 0.717) is 42.5 Å². The first-order chi connectivity index (χ1) is 15.4. The number of anilines is 1. The lowest BCUT2D eigenvalue weighted by molar-refractivity contribution is 0.0952. The lowest BCUT2D eigenvalue weighted by Gasteiger charge is -2.19. The maximum atomic E-state index is 12.9. The Hall–Kier alpha value is -3.53. The summed E-state index contributed by atoms with van der Waals surface area (Å²) in [5, 5.41) is 2.81. The fourth-order valence-corrected chi connectivity index (χ4v) is 4.40. The van der Waals surface area contributed by atoms with E-state index < -0.39 is 21.4 Å². The molecule has 2 aromatic carbocycles. The standard InChI is InChI=1S/C22H23N3O6S/c1-2-3-8-23-22(27)17-13-24-18-6-5-15(12-16(18)21(17)26)32(28,29)25-14-4-7-19-20(11-14)31-10-9-30-19/h4-7,11-13,25H,2-3,8-10H2,1H3,(H,23,27)(H,24,26). The predicted molar refractivity (Wildman–Crippen MR) is 120 cm³/mol.